The number of aldehydes is 1. The number of nitrogens with one attached hydrogen (secondary N) is 1. The number of rotatable bonds is 5. The standard InChI is InChI=1S/C10H9BrClN3OS.C2H6/c11-10(12,5-16)2-3-13-9-8-7(1-4-17-8)14-6-15-9;1-2/h1,4-6H,2-3H2,(H,13,14,15);1-2H3. The number of hydrogen-bond acceptors (Lipinski definition) is 5. The van der Waals surface area contributed by atoms with Gasteiger partial charge in [0, 0.05) is 13.0 Å². The molecule has 0 aromatic carbocycles. The van der Waals surface area contributed by atoms with Gasteiger partial charge in [0.15, 0.2) is 10.1 Å². The van der Waals surface area contributed by atoms with Crippen LogP contribution >= 0.6 is 38.9 Å². The van der Waals surface area contributed by atoms with E-state index in [0.717, 1.165) is 16.0 Å². The Balaban J connectivity index is 0.000000861. The number of carbonyl (C=O) groups is 1. The van der Waals surface area contributed by atoms with Gasteiger partial charge in [0.2, 0.25) is 0 Å². The molecule has 0 bridgehead atoms. The van der Waals surface area contributed by atoms with E-state index in [-0.39, 0.29) is 0 Å². The van der Waals surface area contributed by atoms with E-state index < -0.39 is 3.78 Å². The highest BCUT2D eigenvalue weighted by Crippen LogP contribution is 2.27. The molecular weight excluding hydrogens is 350 g/mol. The summed E-state index contributed by atoms with van der Waals surface area (Å²) < 4.78 is 0.00931. The molecule has 0 aliphatic rings. The summed E-state index contributed by atoms with van der Waals surface area (Å²) in [4.78, 5) is 18.9. The van der Waals surface area contributed by atoms with Gasteiger partial charge in [-0.1, -0.05) is 41.4 Å². The van der Waals surface area contributed by atoms with Gasteiger partial charge in [-0.05, 0) is 11.4 Å². The zero-order valence-corrected chi connectivity index (χ0v) is 13.8. The van der Waals surface area contributed by atoms with Crippen molar-refractivity contribution in [1.29, 1.82) is 0 Å². The van der Waals surface area contributed by atoms with E-state index in [9.17, 15) is 4.79 Å². The molecule has 0 amide bonds. The molecule has 0 radical (unpaired) electrons. The summed E-state index contributed by atoms with van der Waals surface area (Å²) in [6.07, 6.45) is 2.66. The number of anilines is 1. The van der Waals surface area contributed by atoms with Crippen molar-refractivity contribution in [2.24, 2.45) is 0 Å². The SMILES string of the molecule is CC.O=CC(Cl)(Br)CCNc1ncnc2ccsc12. The van der Waals surface area contributed by atoms with Gasteiger partial charge >= 0.3 is 0 Å². The van der Waals surface area contributed by atoms with Gasteiger partial charge in [0.05, 0.1) is 10.2 Å². The zero-order valence-electron chi connectivity index (χ0n) is 10.7. The Hall–Kier alpha value is -0.720. The van der Waals surface area contributed by atoms with Crippen LogP contribution in [0.25, 0.3) is 10.2 Å². The third-order valence-corrected chi connectivity index (χ3v) is 3.94. The zero-order chi connectivity index (χ0) is 14.3. The third kappa shape index (κ3) is 4.71. The molecule has 0 saturated carbocycles. The average Bonchev–Trinajstić information content (AvgIpc) is 2.90. The quantitative estimate of drug-likeness (QED) is 0.642. The Labute approximate surface area is 129 Å². The molecule has 0 saturated heterocycles. The summed E-state index contributed by atoms with van der Waals surface area (Å²) in [5, 5.41) is 5.11. The monoisotopic (exact) mass is 363 g/mol. The highest BCUT2D eigenvalue weighted by molar-refractivity contribution is 9.10. The van der Waals surface area contributed by atoms with E-state index in [4.69, 9.17) is 11.6 Å². The molecule has 1 atom stereocenters. The normalized spacial score (nSPS) is 13.3. The van der Waals surface area contributed by atoms with Crippen molar-refractivity contribution in [3.8, 4) is 0 Å². The second-order valence-electron chi connectivity index (χ2n) is 3.41. The molecule has 1 unspecified atom stereocenters. The lowest BCUT2D eigenvalue weighted by atomic mass is 10.3. The summed E-state index contributed by atoms with van der Waals surface area (Å²) >= 11 is 10.6. The molecule has 4 nitrogen and oxygen atoms in total. The van der Waals surface area contributed by atoms with Crippen LogP contribution in [0, 0.1) is 0 Å². The maximum absolute atomic E-state index is 10.6. The van der Waals surface area contributed by atoms with Crippen molar-refractivity contribution in [3.63, 3.8) is 0 Å². The second kappa shape index (κ2) is 7.77. The molecule has 2 aromatic rings. The van der Waals surface area contributed by atoms with Crippen LogP contribution in [-0.2, 0) is 4.79 Å². The minimum absolute atomic E-state index is 0.467. The summed E-state index contributed by atoms with van der Waals surface area (Å²) in [6.45, 7) is 4.55. The van der Waals surface area contributed by atoms with Crippen LogP contribution in [0.15, 0.2) is 17.8 Å². The number of fused-ring (bicyclic) bond motifs is 1. The van der Waals surface area contributed by atoms with Gasteiger partial charge in [0.25, 0.3) is 0 Å². The number of aromatic nitrogens is 2. The van der Waals surface area contributed by atoms with E-state index in [1.807, 2.05) is 25.3 Å². The highest BCUT2D eigenvalue weighted by Gasteiger charge is 2.21. The first-order valence-electron chi connectivity index (χ1n) is 5.88. The van der Waals surface area contributed by atoms with Gasteiger partial charge in [0.1, 0.15) is 12.1 Å². The largest absolute Gasteiger partial charge is 0.369 e. The van der Waals surface area contributed by atoms with Crippen LogP contribution in [-0.4, -0.2) is 26.6 Å². The minimum atomic E-state index is -0.998. The van der Waals surface area contributed by atoms with Crippen molar-refractivity contribution >= 4 is 61.2 Å². The maximum atomic E-state index is 10.6. The molecule has 2 aromatic heterocycles. The molecule has 19 heavy (non-hydrogen) atoms. The molecule has 2 rings (SSSR count). The smallest absolute Gasteiger partial charge is 0.156 e. The Bertz CT molecular complexity index is 532. The Morgan fingerprint density at radius 1 is 1.53 bits per heavy atom. The van der Waals surface area contributed by atoms with Gasteiger partial charge < -0.3 is 10.1 Å². The number of alkyl halides is 2. The first kappa shape index (κ1) is 16.3. The average molecular weight is 365 g/mol. The number of carbonyl (C=O) groups excluding carboxylic acids is 1. The Morgan fingerprint density at radius 3 is 2.95 bits per heavy atom. The Kier molecular flexibility index (Phi) is 6.68. The van der Waals surface area contributed by atoms with Crippen LogP contribution in [0.4, 0.5) is 5.82 Å². The van der Waals surface area contributed by atoms with Crippen molar-refractivity contribution in [3.05, 3.63) is 17.8 Å². The number of thiophene rings is 1. The molecule has 1 N–H and O–H groups in total. The molecule has 0 spiro atoms. The summed E-state index contributed by atoms with van der Waals surface area (Å²) in [6, 6.07) is 1.94. The predicted molar refractivity (Wildman–Crippen MR) is 85.4 cm³/mol. The topological polar surface area (TPSA) is 54.9 Å². The van der Waals surface area contributed by atoms with E-state index in [0.29, 0.717) is 19.3 Å². The number of hydrogen-bond donors (Lipinski definition) is 1. The number of halogens is 2. The van der Waals surface area contributed by atoms with E-state index in [1.54, 1.807) is 11.3 Å². The van der Waals surface area contributed by atoms with E-state index >= 15 is 0 Å². The van der Waals surface area contributed by atoms with Crippen LogP contribution in [0.3, 0.4) is 0 Å². The molecule has 0 aliphatic carbocycles. The van der Waals surface area contributed by atoms with Crippen LogP contribution in [0.5, 0.6) is 0 Å². The van der Waals surface area contributed by atoms with Gasteiger partial charge in [-0.2, -0.15) is 0 Å². The minimum Gasteiger partial charge on any atom is -0.369 e. The molecule has 0 aliphatic heterocycles. The van der Waals surface area contributed by atoms with Gasteiger partial charge in [-0.25, -0.2) is 9.97 Å². The molecular formula is C12H15BrClN3OS. The highest BCUT2D eigenvalue weighted by atomic mass is 79.9. The lowest BCUT2D eigenvalue weighted by Crippen LogP contribution is -2.19. The Morgan fingerprint density at radius 2 is 2.26 bits per heavy atom. The fourth-order valence-electron chi connectivity index (χ4n) is 1.32. The van der Waals surface area contributed by atoms with E-state index in [1.165, 1.54) is 6.33 Å². The summed E-state index contributed by atoms with van der Waals surface area (Å²) in [7, 11) is 0. The first-order chi connectivity index (χ1) is 9.12. The van der Waals surface area contributed by atoms with Crippen molar-refractivity contribution < 1.29 is 4.79 Å². The fraction of sp³-hybridized carbons (Fsp3) is 0.417. The predicted octanol–water partition coefficient (Wildman–Crippen LogP) is 4.05. The molecule has 2 heterocycles. The first-order valence-corrected chi connectivity index (χ1v) is 7.94. The lowest BCUT2D eigenvalue weighted by molar-refractivity contribution is -0.108. The maximum Gasteiger partial charge on any atom is 0.156 e. The van der Waals surface area contributed by atoms with Crippen LogP contribution in [0.1, 0.15) is 20.3 Å². The van der Waals surface area contributed by atoms with Crippen molar-refractivity contribution in [1.82, 2.24) is 9.97 Å². The molecule has 7 heteroatoms. The van der Waals surface area contributed by atoms with Crippen molar-refractivity contribution in [2.45, 2.75) is 24.1 Å². The lowest BCUT2D eigenvalue weighted by Gasteiger charge is -2.12. The second-order valence-corrected chi connectivity index (χ2v) is 6.88. The van der Waals surface area contributed by atoms with Gasteiger partial charge in [-0.15, -0.1) is 11.3 Å². The fourth-order valence-corrected chi connectivity index (χ4v) is 2.42. The van der Waals surface area contributed by atoms with Gasteiger partial charge in [-0.3, -0.25) is 0 Å². The molecule has 0 fully saturated rings. The van der Waals surface area contributed by atoms with Crippen LogP contribution < -0.4 is 5.32 Å². The third-order valence-electron chi connectivity index (χ3n) is 2.17. The summed E-state index contributed by atoms with van der Waals surface area (Å²) in [5.74, 6) is 0.774. The summed E-state index contributed by atoms with van der Waals surface area (Å²) in [5.41, 5.74) is 0.916. The van der Waals surface area contributed by atoms with Crippen molar-refractivity contribution in [2.75, 3.05) is 11.9 Å². The molecule has 104 valence electrons. The van der Waals surface area contributed by atoms with E-state index in [2.05, 4.69) is 31.2 Å². The van der Waals surface area contributed by atoms with Crippen LogP contribution in [0.2, 0.25) is 0 Å². The number of nitrogens with zero attached hydrogens (tertiary/aromatic N) is 2.